The summed E-state index contributed by atoms with van der Waals surface area (Å²) in [5, 5.41) is 4.17. The third-order valence-electron chi connectivity index (χ3n) is 3.80. The molecule has 0 saturated carbocycles. The van der Waals surface area contributed by atoms with Gasteiger partial charge in [0.25, 0.3) is 11.8 Å². The van der Waals surface area contributed by atoms with Crippen molar-refractivity contribution in [1.29, 1.82) is 0 Å². The summed E-state index contributed by atoms with van der Waals surface area (Å²) >= 11 is 0. The molecule has 7 nitrogen and oxygen atoms in total. The number of carbonyl (C=O) groups excluding carboxylic acids is 2. The van der Waals surface area contributed by atoms with Crippen LogP contribution in [0.4, 0.5) is 0 Å². The predicted octanol–water partition coefficient (Wildman–Crippen LogP) is 2.40. The van der Waals surface area contributed by atoms with Gasteiger partial charge in [-0.25, -0.2) is 0 Å². The fourth-order valence-corrected chi connectivity index (χ4v) is 2.46. The van der Waals surface area contributed by atoms with Crippen LogP contribution in [0.2, 0.25) is 0 Å². The van der Waals surface area contributed by atoms with Gasteiger partial charge in [0.05, 0.1) is 24.9 Å². The molecule has 0 unspecified atom stereocenters. The Hall–Kier alpha value is -3.61. The molecule has 0 bridgehead atoms. The fraction of sp³-hybridized carbons (Fsp3) is 0.150. The number of benzene rings is 2. The average molecular weight is 364 g/mol. The van der Waals surface area contributed by atoms with Crippen LogP contribution in [-0.2, 0) is 6.54 Å². The summed E-state index contributed by atoms with van der Waals surface area (Å²) in [5.41, 5.74) is 6.64. The van der Waals surface area contributed by atoms with Crippen molar-refractivity contribution in [2.75, 3.05) is 6.61 Å². The Morgan fingerprint density at radius 2 is 1.63 bits per heavy atom. The fourth-order valence-electron chi connectivity index (χ4n) is 2.46. The van der Waals surface area contributed by atoms with E-state index >= 15 is 0 Å². The number of nitrogens with one attached hydrogen (secondary N) is 2. The highest BCUT2D eigenvalue weighted by Gasteiger charge is 2.11. The molecule has 0 saturated heterocycles. The molecule has 138 valence electrons. The lowest BCUT2D eigenvalue weighted by Crippen LogP contribution is -2.41. The monoisotopic (exact) mass is 364 g/mol. The van der Waals surface area contributed by atoms with Crippen molar-refractivity contribution in [2.24, 2.45) is 0 Å². The highest BCUT2D eigenvalue weighted by Crippen LogP contribution is 2.11. The quantitative estimate of drug-likeness (QED) is 0.658. The minimum absolute atomic E-state index is 0.359. The molecule has 1 heterocycles. The molecule has 1 aromatic heterocycles. The van der Waals surface area contributed by atoms with Gasteiger partial charge in [-0.15, -0.1) is 0 Å². The molecule has 0 atom stereocenters. The summed E-state index contributed by atoms with van der Waals surface area (Å²) in [6.07, 6.45) is 3.09. The van der Waals surface area contributed by atoms with E-state index in [1.165, 1.54) is 6.20 Å². The number of aromatic nitrogens is 2. The van der Waals surface area contributed by atoms with Crippen molar-refractivity contribution < 1.29 is 14.3 Å². The number of rotatable bonds is 6. The molecule has 7 heteroatoms. The number of ether oxygens (including phenoxy) is 1. The molecular formula is C20H20N4O3. The Kier molecular flexibility index (Phi) is 5.84. The van der Waals surface area contributed by atoms with Crippen LogP contribution in [0, 0.1) is 0 Å². The SMILES string of the molecule is CCOc1ccc(C(=O)NNC(=O)c2cnn(Cc3ccccc3)c2)cc1. The van der Waals surface area contributed by atoms with Crippen molar-refractivity contribution in [3.05, 3.63) is 83.7 Å². The maximum Gasteiger partial charge on any atom is 0.272 e. The molecule has 0 aliphatic heterocycles. The summed E-state index contributed by atoms with van der Waals surface area (Å²) in [6.45, 7) is 3.00. The zero-order valence-corrected chi connectivity index (χ0v) is 14.9. The van der Waals surface area contributed by atoms with E-state index in [1.807, 2.05) is 37.3 Å². The minimum Gasteiger partial charge on any atom is -0.494 e. The van der Waals surface area contributed by atoms with Gasteiger partial charge >= 0.3 is 0 Å². The summed E-state index contributed by atoms with van der Waals surface area (Å²) in [7, 11) is 0. The highest BCUT2D eigenvalue weighted by atomic mass is 16.5. The molecule has 2 aromatic carbocycles. The number of nitrogens with zero attached hydrogens (tertiary/aromatic N) is 2. The van der Waals surface area contributed by atoms with E-state index < -0.39 is 11.8 Å². The van der Waals surface area contributed by atoms with Crippen LogP contribution in [0.25, 0.3) is 0 Å². The molecule has 3 aromatic rings. The Bertz CT molecular complexity index is 904. The molecule has 0 aliphatic carbocycles. The van der Waals surface area contributed by atoms with Gasteiger partial charge in [0.1, 0.15) is 5.75 Å². The molecular weight excluding hydrogens is 344 g/mol. The highest BCUT2D eigenvalue weighted by molar-refractivity contribution is 5.98. The third-order valence-corrected chi connectivity index (χ3v) is 3.80. The first kappa shape index (κ1) is 18.2. The van der Waals surface area contributed by atoms with Gasteiger partial charge in [-0.2, -0.15) is 5.10 Å². The second-order valence-corrected chi connectivity index (χ2v) is 5.78. The average Bonchev–Trinajstić information content (AvgIpc) is 3.16. The zero-order valence-electron chi connectivity index (χ0n) is 14.9. The topological polar surface area (TPSA) is 85.2 Å². The van der Waals surface area contributed by atoms with Gasteiger partial charge in [0.2, 0.25) is 0 Å². The number of hydrogen-bond donors (Lipinski definition) is 2. The molecule has 0 aliphatic rings. The van der Waals surface area contributed by atoms with E-state index in [0.29, 0.717) is 30.0 Å². The van der Waals surface area contributed by atoms with Crippen molar-refractivity contribution in [1.82, 2.24) is 20.6 Å². The van der Waals surface area contributed by atoms with Gasteiger partial charge < -0.3 is 4.74 Å². The molecule has 0 radical (unpaired) electrons. The first-order chi connectivity index (χ1) is 13.2. The maximum absolute atomic E-state index is 12.2. The second-order valence-electron chi connectivity index (χ2n) is 5.78. The molecule has 3 rings (SSSR count). The summed E-state index contributed by atoms with van der Waals surface area (Å²) in [5.74, 6) is -0.166. The Morgan fingerprint density at radius 1 is 0.963 bits per heavy atom. The van der Waals surface area contributed by atoms with Crippen LogP contribution in [0.5, 0.6) is 5.75 Å². The molecule has 2 amide bonds. The third kappa shape index (κ3) is 4.94. The lowest BCUT2D eigenvalue weighted by Gasteiger charge is -2.07. The van der Waals surface area contributed by atoms with E-state index in [1.54, 1.807) is 35.1 Å². The largest absolute Gasteiger partial charge is 0.494 e. The smallest absolute Gasteiger partial charge is 0.272 e. The predicted molar refractivity (Wildman–Crippen MR) is 100 cm³/mol. The van der Waals surface area contributed by atoms with Crippen molar-refractivity contribution in [2.45, 2.75) is 13.5 Å². The Labute approximate surface area is 156 Å². The van der Waals surface area contributed by atoms with E-state index in [4.69, 9.17) is 4.74 Å². The number of carbonyl (C=O) groups is 2. The summed E-state index contributed by atoms with van der Waals surface area (Å²) in [4.78, 5) is 24.3. The summed E-state index contributed by atoms with van der Waals surface area (Å²) in [6, 6.07) is 16.5. The molecule has 2 N–H and O–H groups in total. The Morgan fingerprint density at radius 3 is 2.30 bits per heavy atom. The Balaban J connectivity index is 1.53. The van der Waals surface area contributed by atoms with Crippen molar-refractivity contribution in [3.8, 4) is 5.75 Å². The van der Waals surface area contributed by atoms with Gasteiger partial charge in [-0.1, -0.05) is 30.3 Å². The first-order valence-corrected chi connectivity index (χ1v) is 8.55. The maximum atomic E-state index is 12.2. The second kappa shape index (κ2) is 8.66. The van der Waals surface area contributed by atoms with E-state index in [-0.39, 0.29) is 0 Å². The van der Waals surface area contributed by atoms with Gasteiger partial charge in [0.15, 0.2) is 0 Å². The van der Waals surface area contributed by atoms with Crippen LogP contribution in [-0.4, -0.2) is 28.2 Å². The molecule has 27 heavy (non-hydrogen) atoms. The van der Waals surface area contributed by atoms with Crippen molar-refractivity contribution >= 4 is 11.8 Å². The lowest BCUT2D eigenvalue weighted by molar-refractivity contribution is 0.0846. The van der Waals surface area contributed by atoms with Crippen LogP contribution in [0.3, 0.4) is 0 Å². The first-order valence-electron chi connectivity index (χ1n) is 8.55. The van der Waals surface area contributed by atoms with Crippen LogP contribution >= 0.6 is 0 Å². The summed E-state index contributed by atoms with van der Waals surface area (Å²) < 4.78 is 7.00. The van der Waals surface area contributed by atoms with Crippen LogP contribution < -0.4 is 15.6 Å². The van der Waals surface area contributed by atoms with Crippen LogP contribution in [0.1, 0.15) is 33.2 Å². The van der Waals surface area contributed by atoms with Crippen LogP contribution in [0.15, 0.2) is 67.0 Å². The van der Waals surface area contributed by atoms with E-state index in [9.17, 15) is 9.59 Å². The standard InChI is InChI=1S/C20H20N4O3/c1-2-27-18-10-8-16(9-11-18)19(25)22-23-20(26)17-12-21-24(14-17)13-15-6-4-3-5-7-15/h3-12,14H,2,13H2,1H3,(H,22,25)(H,23,26). The molecule has 0 spiro atoms. The van der Waals surface area contributed by atoms with Crippen molar-refractivity contribution in [3.63, 3.8) is 0 Å². The minimum atomic E-state index is -0.436. The lowest BCUT2D eigenvalue weighted by atomic mass is 10.2. The zero-order chi connectivity index (χ0) is 19.1. The number of hydrazine groups is 1. The normalized spacial score (nSPS) is 10.3. The van der Waals surface area contributed by atoms with Gasteiger partial charge in [-0.3, -0.25) is 25.1 Å². The molecule has 0 fully saturated rings. The van der Waals surface area contributed by atoms with Gasteiger partial charge in [-0.05, 0) is 36.8 Å². The van der Waals surface area contributed by atoms with E-state index in [0.717, 1.165) is 5.56 Å². The van der Waals surface area contributed by atoms with E-state index in [2.05, 4.69) is 16.0 Å². The number of amides is 2. The number of hydrogen-bond acceptors (Lipinski definition) is 4. The van der Waals surface area contributed by atoms with Gasteiger partial charge in [0, 0.05) is 11.8 Å².